The van der Waals surface area contributed by atoms with E-state index in [1.807, 2.05) is 18.2 Å². The van der Waals surface area contributed by atoms with Crippen molar-refractivity contribution in [1.29, 1.82) is 0 Å². The van der Waals surface area contributed by atoms with Crippen molar-refractivity contribution in [2.45, 2.75) is 6.17 Å². The van der Waals surface area contributed by atoms with E-state index >= 15 is 0 Å². The molecule has 1 atom stereocenters. The smallest absolute Gasteiger partial charge is 0.164 e. The van der Waals surface area contributed by atoms with Gasteiger partial charge in [-0.3, -0.25) is 0 Å². The number of aliphatic imine (C=N–C) groups is 2. The molecule has 5 aromatic heterocycles. The van der Waals surface area contributed by atoms with Crippen molar-refractivity contribution < 1.29 is 8.83 Å². The van der Waals surface area contributed by atoms with Gasteiger partial charge < -0.3 is 23.3 Å². The zero-order valence-electron chi connectivity index (χ0n) is 73.2. The molecule has 136 heavy (non-hydrogen) atoms. The Bertz CT molecular complexity index is 9690. The molecular formula is C126H76N8O2. The van der Waals surface area contributed by atoms with Crippen LogP contribution in [0.2, 0.25) is 0 Å². The zero-order chi connectivity index (χ0) is 89.2. The van der Waals surface area contributed by atoms with Crippen LogP contribution in [0.5, 0.6) is 0 Å². The Morgan fingerprint density at radius 2 is 0.596 bits per heavy atom. The highest BCUT2D eigenvalue weighted by Gasteiger charge is 2.29. The minimum atomic E-state index is -0.569. The second-order valence-corrected chi connectivity index (χ2v) is 35.8. The maximum atomic E-state index is 7.06. The minimum Gasteiger partial charge on any atom is -0.456 e. The number of hydrogen-bond acceptors (Lipinski definition) is 8. The van der Waals surface area contributed by atoms with Gasteiger partial charge in [0.05, 0.1) is 33.4 Å². The van der Waals surface area contributed by atoms with Crippen molar-refractivity contribution in [3.63, 3.8) is 0 Å². The summed E-state index contributed by atoms with van der Waals surface area (Å²) in [5.74, 6) is 3.04. The van der Waals surface area contributed by atoms with Gasteiger partial charge in [0.25, 0.3) is 0 Å². The van der Waals surface area contributed by atoms with E-state index in [2.05, 4.69) is 445 Å². The first-order chi connectivity index (χ1) is 67.3. The number of furan rings is 2. The molecule has 0 saturated heterocycles. The SMILES string of the molecule is c1ccc(-c2ccc(-c3nc(-c4ccc(-c5ccccc5)cc4)nc(-c4ccc(-n5c6cc7ccccc7cc6c6ccc7ccccc7c65)c(-c5ccc6oc7cc(-c8ccc9ccc(C%10=NC(c%11ccc(-n%12c%13cc%14ccccc%14cc%13c%13ccc%14ccccc%14c%13%12)c(-c%12ccc%13oc%14ccccc%14c%13c%12)c%11)NC(c%11ccc%12ccccc%12c%11)=N%10)cc9c8)ccc7c6c5)c4)n3)cc2)cc1. The molecule has 1 aliphatic heterocycles. The fraction of sp³-hybridized carbons (Fsp3) is 0.00794. The molecule has 0 bridgehead atoms. The molecule has 1 N–H and O–H groups in total. The van der Waals surface area contributed by atoms with Crippen LogP contribution in [0.15, 0.2) is 468 Å². The van der Waals surface area contributed by atoms with Gasteiger partial charge in [-0.15, -0.1) is 0 Å². The lowest BCUT2D eigenvalue weighted by molar-refractivity contribution is 0.668. The van der Waals surface area contributed by atoms with Crippen LogP contribution < -0.4 is 5.32 Å². The first-order valence-corrected chi connectivity index (χ1v) is 46.2. The summed E-state index contributed by atoms with van der Waals surface area (Å²) in [4.78, 5) is 27.5. The molecule has 28 rings (SSSR count). The summed E-state index contributed by atoms with van der Waals surface area (Å²) < 4.78 is 18.6. The predicted molar refractivity (Wildman–Crippen MR) is 563 cm³/mol. The van der Waals surface area contributed by atoms with Crippen molar-refractivity contribution in [2.24, 2.45) is 9.98 Å². The van der Waals surface area contributed by atoms with Gasteiger partial charge in [0.2, 0.25) is 0 Å². The van der Waals surface area contributed by atoms with Gasteiger partial charge in [-0.2, -0.15) is 0 Å². The summed E-state index contributed by atoms with van der Waals surface area (Å²) >= 11 is 0. The number of fused-ring (bicyclic) bond motifs is 20. The first-order valence-electron chi connectivity index (χ1n) is 46.2. The van der Waals surface area contributed by atoms with Crippen molar-refractivity contribution in [3.8, 4) is 101 Å². The Morgan fingerprint density at radius 1 is 0.213 bits per heavy atom. The molecule has 10 nitrogen and oxygen atoms in total. The molecule has 0 amide bonds. The summed E-state index contributed by atoms with van der Waals surface area (Å²) in [6.45, 7) is 0. The number of amidine groups is 2. The third-order valence-electron chi connectivity index (χ3n) is 27.9. The van der Waals surface area contributed by atoms with E-state index in [-0.39, 0.29) is 0 Å². The van der Waals surface area contributed by atoms with Gasteiger partial charge >= 0.3 is 0 Å². The average molecular weight is 1730 g/mol. The fourth-order valence-electron chi connectivity index (χ4n) is 21.1. The van der Waals surface area contributed by atoms with Crippen LogP contribution in [0.25, 0.3) is 253 Å². The van der Waals surface area contributed by atoms with Crippen LogP contribution in [-0.2, 0) is 0 Å². The summed E-state index contributed by atoms with van der Waals surface area (Å²) in [6, 6.07) is 162. The lowest BCUT2D eigenvalue weighted by Crippen LogP contribution is -2.33. The summed E-state index contributed by atoms with van der Waals surface area (Å²) in [5, 5.41) is 26.6. The van der Waals surface area contributed by atoms with Gasteiger partial charge in [-0.1, -0.05) is 334 Å². The van der Waals surface area contributed by atoms with Crippen LogP contribution in [0.3, 0.4) is 0 Å². The number of nitrogens with one attached hydrogen (secondary N) is 1. The molecule has 27 aromatic rings. The molecular weight excluding hydrogens is 1660 g/mol. The fourth-order valence-corrected chi connectivity index (χ4v) is 21.1. The second-order valence-electron chi connectivity index (χ2n) is 35.8. The number of benzene rings is 22. The Hall–Kier alpha value is -18.3. The number of hydrogen-bond donors (Lipinski definition) is 1. The van der Waals surface area contributed by atoms with Crippen LogP contribution in [0, 0.1) is 0 Å². The van der Waals surface area contributed by atoms with E-state index in [0.29, 0.717) is 23.3 Å². The van der Waals surface area contributed by atoms with Gasteiger partial charge in [0.1, 0.15) is 34.3 Å². The van der Waals surface area contributed by atoms with Crippen LogP contribution in [0.4, 0.5) is 0 Å². The number of para-hydroxylation sites is 1. The highest BCUT2D eigenvalue weighted by Crippen LogP contribution is 2.48. The summed E-state index contributed by atoms with van der Waals surface area (Å²) in [7, 11) is 0. The van der Waals surface area contributed by atoms with Crippen molar-refractivity contribution >= 4 is 164 Å². The topological polar surface area (TPSA) is 112 Å². The molecule has 1 unspecified atom stereocenters. The molecule has 0 spiro atoms. The molecule has 0 aliphatic carbocycles. The van der Waals surface area contributed by atoms with Gasteiger partial charge in [-0.05, 0) is 219 Å². The lowest BCUT2D eigenvalue weighted by Gasteiger charge is -2.25. The Balaban J connectivity index is 0.578. The van der Waals surface area contributed by atoms with E-state index < -0.39 is 6.17 Å². The lowest BCUT2D eigenvalue weighted by atomic mass is 9.96. The minimum absolute atomic E-state index is 0.549. The molecule has 10 heteroatoms. The van der Waals surface area contributed by atoms with Gasteiger partial charge in [-0.25, -0.2) is 24.9 Å². The molecule has 0 fully saturated rings. The van der Waals surface area contributed by atoms with E-state index in [1.165, 1.54) is 48.5 Å². The standard InChI is InChI=1S/C126H76N8O2/c1-3-19-75(20-4-1)78-35-42-83(43-36-78)121-127-122(84-44-37-79(38-45-84)76-21-5-2-6-22-76)129-125(128-121)96-52-59-112(134-114-73-89-30-12-10-28-87(89)67-108(114)104-58-50-82-25-14-16-32-100(82)120(104)134)106(70-96)93-55-62-117-110(69-93)102-56-51-91(74-118(102)136-117)90-46-39-80-41-48-95(65-98(80)64-90)124-130-123(94-47-40-77-23-7-8-26-85(77)63-94)131-126(132-124)97-53-60-111(105(71-97)92-54-61-116-109(68-92)101-33-17-18-34-115(101)135-116)133-113-72-88-29-11-9-27-86(88)66-107(113)103-57-49-81-24-13-15-31-99(81)119(103)133/h1-74,126H,(H,130,131,132). The third kappa shape index (κ3) is 12.7. The average Bonchev–Trinajstić information content (AvgIpc) is 1.56. The van der Waals surface area contributed by atoms with Crippen molar-refractivity contribution in [1.82, 2.24) is 29.4 Å². The number of rotatable bonds is 13. The highest BCUT2D eigenvalue weighted by molar-refractivity contribution is 6.24. The van der Waals surface area contributed by atoms with Crippen molar-refractivity contribution in [2.75, 3.05) is 0 Å². The maximum absolute atomic E-state index is 7.06. The van der Waals surface area contributed by atoms with E-state index in [9.17, 15) is 0 Å². The highest BCUT2D eigenvalue weighted by atomic mass is 16.3. The first kappa shape index (κ1) is 76.6. The molecule has 0 radical (unpaired) electrons. The molecule has 6 heterocycles. The maximum Gasteiger partial charge on any atom is 0.164 e. The van der Waals surface area contributed by atoms with E-state index in [4.69, 9.17) is 33.8 Å². The van der Waals surface area contributed by atoms with Crippen molar-refractivity contribution in [3.05, 3.63) is 466 Å². The largest absolute Gasteiger partial charge is 0.456 e. The molecule has 1 aliphatic rings. The van der Waals surface area contributed by atoms with Gasteiger partial charge in [0, 0.05) is 92.8 Å². The Labute approximate surface area is 779 Å². The monoisotopic (exact) mass is 1730 g/mol. The van der Waals surface area contributed by atoms with Crippen LogP contribution >= 0.6 is 0 Å². The van der Waals surface area contributed by atoms with Crippen LogP contribution in [0.1, 0.15) is 22.9 Å². The van der Waals surface area contributed by atoms with E-state index in [0.717, 1.165) is 210 Å². The third-order valence-corrected chi connectivity index (χ3v) is 27.9. The Kier molecular flexibility index (Phi) is 17.3. The summed E-state index contributed by atoms with van der Waals surface area (Å²) in [5.41, 5.74) is 25.9. The molecule has 22 aromatic carbocycles. The zero-order valence-corrected chi connectivity index (χ0v) is 73.2. The quantitative estimate of drug-likeness (QED) is 0.123. The predicted octanol–water partition coefficient (Wildman–Crippen LogP) is 32.6. The van der Waals surface area contributed by atoms with Gasteiger partial charge in [0.15, 0.2) is 23.3 Å². The van der Waals surface area contributed by atoms with E-state index in [1.54, 1.807) is 0 Å². The molecule has 632 valence electrons. The second kappa shape index (κ2) is 30.7. The Morgan fingerprint density at radius 3 is 1.18 bits per heavy atom. The number of nitrogens with zero attached hydrogens (tertiary/aromatic N) is 7. The number of aromatic nitrogens is 5. The molecule has 0 saturated carbocycles. The van der Waals surface area contributed by atoms with Crippen LogP contribution in [-0.4, -0.2) is 35.8 Å². The summed E-state index contributed by atoms with van der Waals surface area (Å²) in [6.07, 6.45) is -0.569. The normalized spacial score (nSPS) is 13.1.